The summed E-state index contributed by atoms with van der Waals surface area (Å²) in [4.78, 5) is 0. The second-order valence-electron chi connectivity index (χ2n) is 6.26. The minimum absolute atomic E-state index is 0.277. The molecule has 7 heteroatoms. The first-order valence-corrected chi connectivity index (χ1v) is 9.41. The van der Waals surface area contributed by atoms with Crippen molar-refractivity contribution in [3.63, 3.8) is 0 Å². The van der Waals surface area contributed by atoms with Crippen molar-refractivity contribution in [3.8, 4) is 0 Å². The van der Waals surface area contributed by atoms with Gasteiger partial charge in [-0.05, 0) is 38.1 Å². The molecule has 0 radical (unpaired) electrons. The first kappa shape index (κ1) is 17.1. The van der Waals surface area contributed by atoms with Gasteiger partial charge in [-0.25, -0.2) is 0 Å². The molecule has 2 heterocycles. The molecule has 0 aliphatic carbocycles. The summed E-state index contributed by atoms with van der Waals surface area (Å²) in [5.74, 6) is 0.447. The summed E-state index contributed by atoms with van der Waals surface area (Å²) in [6, 6.07) is 0.277. The van der Waals surface area contributed by atoms with E-state index in [2.05, 4.69) is 12.2 Å². The minimum Gasteiger partial charge on any atom is -0.383 e. The summed E-state index contributed by atoms with van der Waals surface area (Å²) in [6.07, 6.45) is 4.26. The number of methoxy groups -OCH3 is 1. The molecule has 6 nitrogen and oxygen atoms in total. The molecule has 2 aliphatic rings. The van der Waals surface area contributed by atoms with Crippen LogP contribution in [0.15, 0.2) is 0 Å². The standard InChI is InChI=1S/C14H29N3O3S/c1-13-5-4-8-16(11-13)21(18,19)17(9-10-20-2)12-14-6-3-7-15-14/h13-15H,3-12H2,1-2H3. The van der Waals surface area contributed by atoms with Gasteiger partial charge in [-0.2, -0.15) is 17.0 Å². The SMILES string of the molecule is COCCN(CC1CCCN1)S(=O)(=O)N1CCCC(C)C1. The third kappa shape index (κ3) is 4.63. The number of ether oxygens (including phenoxy) is 1. The number of nitrogens with one attached hydrogen (secondary N) is 1. The molecule has 0 aromatic rings. The summed E-state index contributed by atoms with van der Waals surface area (Å²) < 4.78 is 34.1. The maximum absolute atomic E-state index is 12.9. The lowest BCUT2D eigenvalue weighted by Crippen LogP contribution is -2.51. The summed E-state index contributed by atoms with van der Waals surface area (Å²) >= 11 is 0. The van der Waals surface area contributed by atoms with Crippen molar-refractivity contribution < 1.29 is 13.2 Å². The van der Waals surface area contributed by atoms with Gasteiger partial charge in [0.15, 0.2) is 0 Å². The molecule has 0 saturated carbocycles. The Morgan fingerprint density at radius 1 is 1.33 bits per heavy atom. The van der Waals surface area contributed by atoms with Crippen LogP contribution in [0.3, 0.4) is 0 Å². The largest absolute Gasteiger partial charge is 0.383 e. The molecule has 0 spiro atoms. The Kier molecular flexibility index (Phi) is 6.43. The molecule has 2 rings (SSSR count). The quantitative estimate of drug-likeness (QED) is 0.749. The van der Waals surface area contributed by atoms with E-state index in [1.54, 1.807) is 15.7 Å². The highest BCUT2D eigenvalue weighted by molar-refractivity contribution is 7.86. The zero-order chi connectivity index (χ0) is 15.3. The van der Waals surface area contributed by atoms with E-state index in [1.807, 2.05) is 0 Å². The molecule has 2 saturated heterocycles. The number of piperidine rings is 1. The zero-order valence-corrected chi connectivity index (χ0v) is 14.1. The van der Waals surface area contributed by atoms with Crippen molar-refractivity contribution >= 4 is 10.2 Å². The second-order valence-corrected chi connectivity index (χ2v) is 8.19. The topological polar surface area (TPSA) is 61.9 Å². The van der Waals surface area contributed by atoms with Crippen LogP contribution in [-0.4, -0.2) is 69.5 Å². The Balaban J connectivity index is 2.04. The van der Waals surface area contributed by atoms with Crippen molar-refractivity contribution in [3.05, 3.63) is 0 Å². The lowest BCUT2D eigenvalue weighted by molar-refractivity contribution is 0.169. The summed E-state index contributed by atoms with van der Waals surface area (Å²) in [5, 5.41) is 3.38. The van der Waals surface area contributed by atoms with Gasteiger partial charge in [0.25, 0.3) is 10.2 Å². The van der Waals surface area contributed by atoms with Crippen molar-refractivity contribution in [1.82, 2.24) is 13.9 Å². The second kappa shape index (κ2) is 7.87. The van der Waals surface area contributed by atoms with E-state index in [9.17, 15) is 8.42 Å². The van der Waals surface area contributed by atoms with Crippen LogP contribution >= 0.6 is 0 Å². The maximum atomic E-state index is 12.9. The van der Waals surface area contributed by atoms with Gasteiger partial charge in [0, 0.05) is 39.3 Å². The highest BCUT2D eigenvalue weighted by atomic mass is 32.2. The Morgan fingerprint density at radius 3 is 2.76 bits per heavy atom. The average Bonchev–Trinajstić information content (AvgIpc) is 2.96. The predicted octanol–water partition coefficient (Wildman–Crippen LogP) is 0.664. The molecule has 2 aliphatic heterocycles. The predicted molar refractivity (Wildman–Crippen MR) is 83.4 cm³/mol. The number of rotatable bonds is 7. The van der Waals surface area contributed by atoms with Crippen LogP contribution in [0.2, 0.25) is 0 Å². The van der Waals surface area contributed by atoms with E-state index >= 15 is 0 Å². The van der Waals surface area contributed by atoms with E-state index in [0.717, 1.165) is 32.2 Å². The number of hydrogen-bond acceptors (Lipinski definition) is 4. The van der Waals surface area contributed by atoms with Crippen molar-refractivity contribution in [1.29, 1.82) is 0 Å². The fourth-order valence-electron chi connectivity index (χ4n) is 3.17. The summed E-state index contributed by atoms with van der Waals surface area (Å²) in [5.41, 5.74) is 0. The lowest BCUT2D eigenvalue weighted by atomic mass is 10.0. The third-order valence-corrected chi connectivity index (χ3v) is 6.37. The first-order chi connectivity index (χ1) is 10.0. The number of nitrogens with zero attached hydrogens (tertiary/aromatic N) is 2. The van der Waals surface area contributed by atoms with E-state index in [0.29, 0.717) is 38.7 Å². The van der Waals surface area contributed by atoms with E-state index in [4.69, 9.17) is 4.74 Å². The molecular formula is C14H29N3O3S. The first-order valence-electron chi connectivity index (χ1n) is 8.01. The molecule has 0 bridgehead atoms. The molecule has 2 atom stereocenters. The lowest BCUT2D eigenvalue weighted by Gasteiger charge is -2.35. The molecule has 0 amide bonds. The molecular weight excluding hydrogens is 290 g/mol. The molecule has 1 N–H and O–H groups in total. The molecule has 2 unspecified atom stereocenters. The zero-order valence-electron chi connectivity index (χ0n) is 13.3. The van der Waals surface area contributed by atoms with Gasteiger partial charge in [-0.1, -0.05) is 6.92 Å². The Labute approximate surface area is 129 Å². The number of hydrogen-bond donors (Lipinski definition) is 1. The van der Waals surface area contributed by atoms with Gasteiger partial charge in [-0.15, -0.1) is 0 Å². The van der Waals surface area contributed by atoms with E-state index in [1.165, 1.54) is 0 Å². The van der Waals surface area contributed by atoms with Crippen molar-refractivity contribution in [2.45, 2.75) is 38.6 Å². The van der Waals surface area contributed by atoms with E-state index < -0.39 is 10.2 Å². The molecule has 0 aromatic heterocycles. The monoisotopic (exact) mass is 319 g/mol. The fourth-order valence-corrected chi connectivity index (χ4v) is 4.97. The Morgan fingerprint density at radius 2 is 2.14 bits per heavy atom. The molecule has 124 valence electrons. The molecule has 2 fully saturated rings. The highest BCUT2D eigenvalue weighted by Crippen LogP contribution is 2.21. The van der Waals surface area contributed by atoms with Gasteiger partial charge in [-0.3, -0.25) is 0 Å². The Hall–Kier alpha value is -0.210. The van der Waals surface area contributed by atoms with Gasteiger partial charge in [0.05, 0.1) is 6.61 Å². The van der Waals surface area contributed by atoms with Gasteiger partial charge in [0.2, 0.25) is 0 Å². The van der Waals surface area contributed by atoms with Crippen LogP contribution in [0.4, 0.5) is 0 Å². The van der Waals surface area contributed by atoms with Crippen LogP contribution in [-0.2, 0) is 14.9 Å². The van der Waals surface area contributed by atoms with Crippen LogP contribution in [0.5, 0.6) is 0 Å². The van der Waals surface area contributed by atoms with Crippen LogP contribution in [0.1, 0.15) is 32.6 Å². The van der Waals surface area contributed by atoms with Crippen molar-refractivity contribution in [2.24, 2.45) is 5.92 Å². The average molecular weight is 319 g/mol. The smallest absolute Gasteiger partial charge is 0.282 e. The molecule has 21 heavy (non-hydrogen) atoms. The maximum Gasteiger partial charge on any atom is 0.282 e. The Bertz CT molecular complexity index is 410. The fraction of sp³-hybridized carbons (Fsp3) is 1.00. The van der Waals surface area contributed by atoms with Gasteiger partial charge < -0.3 is 10.1 Å². The van der Waals surface area contributed by atoms with Crippen LogP contribution in [0.25, 0.3) is 0 Å². The highest BCUT2D eigenvalue weighted by Gasteiger charge is 2.34. The van der Waals surface area contributed by atoms with Crippen LogP contribution in [0, 0.1) is 5.92 Å². The molecule has 0 aromatic carbocycles. The third-order valence-electron chi connectivity index (χ3n) is 4.40. The van der Waals surface area contributed by atoms with Gasteiger partial charge >= 0.3 is 0 Å². The summed E-state index contributed by atoms with van der Waals surface area (Å²) in [6.45, 7) is 5.83. The normalized spacial score (nSPS) is 28.3. The van der Waals surface area contributed by atoms with Crippen LogP contribution < -0.4 is 5.32 Å². The van der Waals surface area contributed by atoms with E-state index in [-0.39, 0.29) is 6.04 Å². The van der Waals surface area contributed by atoms with Gasteiger partial charge in [0.1, 0.15) is 0 Å². The summed E-state index contributed by atoms with van der Waals surface area (Å²) in [7, 11) is -1.76. The van der Waals surface area contributed by atoms with Crippen molar-refractivity contribution in [2.75, 3.05) is 46.4 Å². The minimum atomic E-state index is -3.37.